The Balaban J connectivity index is 1.68. The van der Waals surface area contributed by atoms with Crippen LogP contribution < -0.4 is 5.48 Å². The lowest BCUT2D eigenvalue weighted by Crippen LogP contribution is -2.14. The molecule has 1 aromatic heterocycles. The molecule has 0 unspecified atom stereocenters. The number of aromatic nitrogens is 2. The fraction of sp³-hybridized carbons (Fsp3) is 0.182. The van der Waals surface area contributed by atoms with E-state index in [0.29, 0.717) is 13.2 Å². The summed E-state index contributed by atoms with van der Waals surface area (Å²) in [4.78, 5) is 12.3. The Kier molecular flexibility index (Phi) is 3.48. The Bertz CT molecular complexity index is 372. The minimum absolute atomic E-state index is 0.557. The second-order valence-corrected chi connectivity index (χ2v) is 3.13. The van der Waals surface area contributed by atoms with Gasteiger partial charge in [0.2, 0.25) is 0 Å². The van der Waals surface area contributed by atoms with Gasteiger partial charge in [0, 0.05) is 12.4 Å². The van der Waals surface area contributed by atoms with Gasteiger partial charge in [-0.1, -0.05) is 30.3 Å². The Labute approximate surface area is 88.3 Å². The SMILES string of the molecule is c1ccc(CONCc2ncc[nH]2)cc1. The molecule has 0 aliphatic carbocycles. The standard InChI is InChI=1S/C11H13N3O/c1-2-4-10(5-3-1)9-15-14-8-11-12-6-7-13-11/h1-7,14H,8-9H2,(H,12,13). The summed E-state index contributed by atoms with van der Waals surface area (Å²) >= 11 is 0. The van der Waals surface area contributed by atoms with E-state index in [1.165, 1.54) is 0 Å². The van der Waals surface area contributed by atoms with E-state index in [2.05, 4.69) is 15.4 Å². The highest BCUT2D eigenvalue weighted by Crippen LogP contribution is 1.99. The van der Waals surface area contributed by atoms with E-state index in [-0.39, 0.29) is 0 Å². The van der Waals surface area contributed by atoms with Crippen molar-refractivity contribution in [1.82, 2.24) is 15.4 Å². The number of nitrogens with zero attached hydrogens (tertiary/aromatic N) is 1. The monoisotopic (exact) mass is 203 g/mol. The minimum Gasteiger partial charge on any atom is -0.347 e. The summed E-state index contributed by atoms with van der Waals surface area (Å²) in [7, 11) is 0. The Hall–Kier alpha value is -1.65. The maximum atomic E-state index is 5.28. The number of hydroxylamine groups is 1. The molecular formula is C11H13N3O. The fourth-order valence-corrected chi connectivity index (χ4v) is 1.22. The van der Waals surface area contributed by atoms with Gasteiger partial charge >= 0.3 is 0 Å². The molecule has 0 fully saturated rings. The van der Waals surface area contributed by atoms with Crippen molar-refractivity contribution in [1.29, 1.82) is 0 Å². The number of imidazole rings is 1. The molecule has 0 saturated carbocycles. The summed E-state index contributed by atoms with van der Waals surface area (Å²) in [6, 6.07) is 10.0. The number of hydrogen-bond donors (Lipinski definition) is 2. The van der Waals surface area contributed by atoms with Gasteiger partial charge in [-0.05, 0) is 5.56 Å². The smallest absolute Gasteiger partial charge is 0.122 e. The average molecular weight is 203 g/mol. The van der Waals surface area contributed by atoms with E-state index in [1.54, 1.807) is 12.4 Å². The maximum Gasteiger partial charge on any atom is 0.122 e. The van der Waals surface area contributed by atoms with Crippen molar-refractivity contribution in [2.75, 3.05) is 0 Å². The summed E-state index contributed by atoms with van der Waals surface area (Å²) in [5.74, 6) is 0.864. The predicted octanol–water partition coefficient (Wildman–Crippen LogP) is 1.63. The number of nitrogens with one attached hydrogen (secondary N) is 2. The van der Waals surface area contributed by atoms with Crippen molar-refractivity contribution >= 4 is 0 Å². The van der Waals surface area contributed by atoms with Crippen LogP contribution in [0.2, 0.25) is 0 Å². The number of hydrogen-bond acceptors (Lipinski definition) is 3. The van der Waals surface area contributed by atoms with Crippen molar-refractivity contribution in [2.45, 2.75) is 13.2 Å². The van der Waals surface area contributed by atoms with Crippen molar-refractivity contribution in [3.63, 3.8) is 0 Å². The van der Waals surface area contributed by atoms with Gasteiger partial charge in [0.05, 0.1) is 13.2 Å². The first-order valence-corrected chi connectivity index (χ1v) is 4.82. The van der Waals surface area contributed by atoms with Crippen molar-refractivity contribution < 1.29 is 4.84 Å². The van der Waals surface area contributed by atoms with Gasteiger partial charge in [-0.2, -0.15) is 5.48 Å². The third kappa shape index (κ3) is 3.19. The topological polar surface area (TPSA) is 49.9 Å². The summed E-state index contributed by atoms with van der Waals surface area (Å²) in [5, 5.41) is 0. The number of benzene rings is 1. The number of aromatic amines is 1. The second kappa shape index (κ2) is 5.29. The van der Waals surface area contributed by atoms with Gasteiger partial charge in [0.1, 0.15) is 5.82 Å². The lowest BCUT2D eigenvalue weighted by molar-refractivity contribution is 0.0223. The average Bonchev–Trinajstić information content (AvgIpc) is 2.79. The van der Waals surface area contributed by atoms with E-state index in [4.69, 9.17) is 4.84 Å². The molecule has 0 atom stereocenters. The molecule has 15 heavy (non-hydrogen) atoms. The van der Waals surface area contributed by atoms with Gasteiger partial charge in [0.25, 0.3) is 0 Å². The Morgan fingerprint density at radius 3 is 2.87 bits per heavy atom. The highest BCUT2D eigenvalue weighted by Gasteiger charge is 1.94. The number of H-pyrrole nitrogens is 1. The Morgan fingerprint density at radius 1 is 1.27 bits per heavy atom. The third-order valence-corrected chi connectivity index (χ3v) is 1.98. The van der Waals surface area contributed by atoms with Crippen molar-refractivity contribution in [2.24, 2.45) is 0 Å². The highest BCUT2D eigenvalue weighted by atomic mass is 16.6. The molecule has 4 nitrogen and oxygen atoms in total. The maximum absolute atomic E-state index is 5.28. The summed E-state index contributed by atoms with van der Waals surface area (Å²) in [6.07, 6.45) is 3.50. The molecule has 78 valence electrons. The molecule has 0 radical (unpaired) electrons. The van der Waals surface area contributed by atoms with E-state index in [9.17, 15) is 0 Å². The van der Waals surface area contributed by atoms with E-state index in [0.717, 1.165) is 11.4 Å². The quantitative estimate of drug-likeness (QED) is 0.573. The zero-order valence-corrected chi connectivity index (χ0v) is 8.31. The molecule has 2 aromatic rings. The van der Waals surface area contributed by atoms with Gasteiger partial charge in [-0.3, -0.25) is 4.84 Å². The molecule has 2 rings (SSSR count). The van der Waals surface area contributed by atoms with Crippen LogP contribution in [0.4, 0.5) is 0 Å². The van der Waals surface area contributed by atoms with Crippen LogP contribution in [0.5, 0.6) is 0 Å². The molecule has 1 heterocycles. The van der Waals surface area contributed by atoms with Crippen LogP contribution >= 0.6 is 0 Å². The Morgan fingerprint density at radius 2 is 2.13 bits per heavy atom. The summed E-state index contributed by atoms with van der Waals surface area (Å²) in [6.45, 7) is 1.14. The molecule has 0 bridgehead atoms. The summed E-state index contributed by atoms with van der Waals surface area (Å²) < 4.78 is 0. The van der Waals surface area contributed by atoms with Crippen molar-refractivity contribution in [3.05, 3.63) is 54.1 Å². The van der Waals surface area contributed by atoms with Crippen LogP contribution in [0, 0.1) is 0 Å². The molecule has 0 aliphatic heterocycles. The van der Waals surface area contributed by atoms with Crippen LogP contribution in [-0.4, -0.2) is 9.97 Å². The van der Waals surface area contributed by atoms with Gasteiger partial charge in [0.15, 0.2) is 0 Å². The van der Waals surface area contributed by atoms with Crippen molar-refractivity contribution in [3.8, 4) is 0 Å². The van der Waals surface area contributed by atoms with Gasteiger partial charge in [-0.25, -0.2) is 4.98 Å². The molecule has 0 amide bonds. The van der Waals surface area contributed by atoms with Gasteiger partial charge in [-0.15, -0.1) is 0 Å². The molecular weight excluding hydrogens is 190 g/mol. The molecule has 0 aliphatic rings. The van der Waals surface area contributed by atoms with Crippen LogP contribution in [0.25, 0.3) is 0 Å². The molecule has 4 heteroatoms. The van der Waals surface area contributed by atoms with Crippen LogP contribution in [0.3, 0.4) is 0 Å². The van der Waals surface area contributed by atoms with Crippen LogP contribution in [0.15, 0.2) is 42.7 Å². The van der Waals surface area contributed by atoms with Gasteiger partial charge < -0.3 is 4.98 Å². The predicted molar refractivity (Wildman–Crippen MR) is 56.7 cm³/mol. The molecule has 0 spiro atoms. The first kappa shape index (κ1) is 9.89. The van der Waals surface area contributed by atoms with Crippen LogP contribution in [0.1, 0.15) is 11.4 Å². The van der Waals surface area contributed by atoms with E-state index >= 15 is 0 Å². The fourth-order valence-electron chi connectivity index (χ4n) is 1.22. The second-order valence-electron chi connectivity index (χ2n) is 3.13. The zero-order chi connectivity index (χ0) is 10.3. The first-order valence-electron chi connectivity index (χ1n) is 4.82. The first-order chi connectivity index (χ1) is 7.45. The highest BCUT2D eigenvalue weighted by molar-refractivity contribution is 5.13. The summed E-state index contributed by atoms with van der Waals surface area (Å²) in [5.41, 5.74) is 3.99. The normalized spacial score (nSPS) is 10.4. The third-order valence-electron chi connectivity index (χ3n) is 1.98. The van der Waals surface area contributed by atoms with Crippen LogP contribution in [-0.2, 0) is 18.0 Å². The minimum atomic E-state index is 0.557. The zero-order valence-electron chi connectivity index (χ0n) is 8.31. The van der Waals surface area contributed by atoms with E-state index < -0.39 is 0 Å². The van der Waals surface area contributed by atoms with E-state index in [1.807, 2.05) is 30.3 Å². The largest absolute Gasteiger partial charge is 0.347 e. The molecule has 2 N–H and O–H groups in total. The lowest BCUT2D eigenvalue weighted by Gasteiger charge is -2.03. The molecule has 0 saturated heterocycles. The number of rotatable bonds is 5. The lowest BCUT2D eigenvalue weighted by atomic mass is 10.2. The molecule has 1 aromatic carbocycles.